The van der Waals surface area contributed by atoms with E-state index >= 15 is 0 Å². The van der Waals surface area contributed by atoms with Crippen LogP contribution in [0.25, 0.3) is 0 Å². The van der Waals surface area contributed by atoms with E-state index in [1.165, 1.54) is 0 Å². The lowest BCUT2D eigenvalue weighted by molar-refractivity contribution is -0.146. The normalized spacial score (nSPS) is 13.1. The van der Waals surface area contributed by atoms with Gasteiger partial charge in [0, 0.05) is 11.3 Å². The number of carbonyl (C=O) groups excluding carboxylic acids is 2. The number of carbonyl (C=O) groups is 2. The Morgan fingerprint density at radius 2 is 1.34 bits per heavy atom. The van der Waals surface area contributed by atoms with Gasteiger partial charge in [-0.25, -0.2) is 8.42 Å². The van der Waals surface area contributed by atoms with Crippen molar-refractivity contribution in [2.75, 3.05) is 12.3 Å². The Morgan fingerprint density at radius 1 is 0.795 bits per heavy atom. The molecule has 0 bridgehead atoms. The molecule has 0 radical (unpaired) electrons. The zero-order chi connectivity index (χ0) is 31.7. The Hall–Kier alpha value is -4.68. The van der Waals surface area contributed by atoms with Gasteiger partial charge in [-0.3, -0.25) is 9.59 Å². The summed E-state index contributed by atoms with van der Waals surface area (Å²) in [5.74, 6) is -1.37. The number of nitrogens with two attached hydrogens (primary N) is 1. The van der Waals surface area contributed by atoms with Crippen LogP contribution in [0.3, 0.4) is 0 Å². The van der Waals surface area contributed by atoms with Crippen LogP contribution in [0.4, 0.5) is 18.9 Å². The van der Waals surface area contributed by atoms with Gasteiger partial charge >= 0.3 is 12.1 Å². The van der Waals surface area contributed by atoms with Crippen molar-refractivity contribution in [1.82, 2.24) is 10.0 Å². The second-order valence-corrected chi connectivity index (χ2v) is 11.7. The summed E-state index contributed by atoms with van der Waals surface area (Å²) < 4.78 is 74.5. The maximum atomic E-state index is 13.4. The molecule has 44 heavy (non-hydrogen) atoms. The summed E-state index contributed by atoms with van der Waals surface area (Å²) in [6, 6.07) is 26.0. The summed E-state index contributed by atoms with van der Waals surface area (Å²) in [5.41, 5.74) is 5.29. The van der Waals surface area contributed by atoms with E-state index in [-0.39, 0.29) is 13.0 Å². The third-order valence-electron chi connectivity index (χ3n) is 6.63. The van der Waals surface area contributed by atoms with E-state index < -0.39 is 56.3 Å². The van der Waals surface area contributed by atoms with Gasteiger partial charge in [0.1, 0.15) is 12.6 Å². The molecule has 8 nitrogen and oxygen atoms in total. The molecule has 4 N–H and O–H groups in total. The van der Waals surface area contributed by atoms with Gasteiger partial charge in [-0.2, -0.15) is 17.9 Å². The van der Waals surface area contributed by atoms with Crippen molar-refractivity contribution in [3.63, 3.8) is 0 Å². The van der Waals surface area contributed by atoms with E-state index in [9.17, 15) is 31.2 Å². The number of halogens is 3. The number of alkyl halides is 3. The number of amides is 1. The SMILES string of the molecule is Nc1ccc(S(=O)(=O)N[C@H](Cc2ccccc2)C(=O)OC[C@H](Cc2ccccc2)NC(=O)c2ccccc2)cc1C(F)(F)F. The average molecular weight is 626 g/mol. The van der Waals surface area contributed by atoms with Crippen LogP contribution in [-0.2, 0) is 38.6 Å². The number of sulfonamides is 1. The van der Waals surface area contributed by atoms with Gasteiger partial charge in [-0.15, -0.1) is 0 Å². The maximum absolute atomic E-state index is 13.4. The van der Waals surface area contributed by atoms with E-state index in [2.05, 4.69) is 10.0 Å². The van der Waals surface area contributed by atoms with Gasteiger partial charge < -0.3 is 15.8 Å². The molecule has 4 aromatic carbocycles. The van der Waals surface area contributed by atoms with Crippen molar-refractivity contribution in [1.29, 1.82) is 0 Å². The maximum Gasteiger partial charge on any atom is 0.418 e. The average Bonchev–Trinajstić information content (AvgIpc) is 3.00. The first-order chi connectivity index (χ1) is 20.9. The minimum Gasteiger partial charge on any atom is -0.462 e. The Balaban J connectivity index is 1.56. The molecule has 0 aliphatic rings. The molecule has 0 spiro atoms. The minimum absolute atomic E-state index is 0.153. The van der Waals surface area contributed by atoms with Crippen molar-refractivity contribution < 1.29 is 35.9 Å². The van der Waals surface area contributed by atoms with E-state index in [0.29, 0.717) is 23.6 Å². The summed E-state index contributed by atoms with van der Waals surface area (Å²) in [7, 11) is -4.64. The molecule has 0 aromatic heterocycles. The van der Waals surface area contributed by atoms with Crippen molar-refractivity contribution in [3.8, 4) is 0 Å². The number of rotatable bonds is 12. The highest BCUT2D eigenvalue weighted by atomic mass is 32.2. The molecule has 0 saturated carbocycles. The standard InChI is InChI=1S/C32H30F3N3O5S/c33-32(34,35)27-20-26(16-17-28(27)36)44(41,42)38-29(19-23-12-6-2-7-13-23)31(40)43-21-25(18-22-10-4-1-5-11-22)37-30(39)24-14-8-3-9-15-24/h1-17,20,25,29,38H,18-19,21,36H2,(H,37,39)/t25-,29+/m0/s1. The molecule has 0 saturated heterocycles. The molecular formula is C32H30F3N3O5S. The van der Waals surface area contributed by atoms with E-state index in [0.717, 1.165) is 17.7 Å². The summed E-state index contributed by atoms with van der Waals surface area (Å²) in [6.45, 7) is -0.306. The first kappa shape index (κ1) is 32.2. The Bertz CT molecular complexity index is 1670. The predicted molar refractivity (Wildman–Crippen MR) is 159 cm³/mol. The fourth-order valence-corrected chi connectivity index (χ4v) is 5.63. The number of hydrogen-bond donors (Lipinski definition) is 3. The monoisotopic (exact) mass is 625 g/mol. The number of nitrogen functional groups attached to an aromatic ring is 1. The second kappa shape index (κ2) is 14.2. The van der Waals surface area contributed by atoms with E-state index in [1.807, 2.05) is 30.3 Å². The van der Waals surface area contributed by atoms with Crippen LogP contribution in [0.1, 0.15) is 27.0 Å². The van der Waals surface area contributed by atoms with Crippen LogP contribution in [0.2, 0.25) is 0 Å². The van der Waals surface area contributed by atoms with Gasteiger partial charge in [0.05, 0.1) is 16.5 Å². The summed E-state index contributed by atoms with van der Waals surface area (Å²) in [5, 5.41) is 2.85. The van der Waals surface area contributed by atoms with Crippen LogP contribution >= 0.6 is 0 Å². The Morgan fingerprint density at radius 3 is 1.91 bits per heavy atom. The number of esters is 1. The Kier molecular flexibility index (Phi) is 10.4. The highest BCUT2D eigenvalue weighted by Gasteiger charge is 2.35. The molecule has 0 unspecified atom stereocenters. The van der Waals surface area contributed by atoms with Gasteiger partial charge in [-0.05, 0) is 54.3 Å². The largest absolute Gasteiger partial charge is 0.462 e. The molecule has 0 aliphatic carbocycles. The van der Waals surface area contributed by atoms with E-state index in [1.54, 1.807) is 60.7 Å². The van der Waals surface area contributed by atoms with Crippen LogP contribution in [0, 0.1) is 0 Å². The first-order valence-corrected chi connectivity index (χ1v) is 15.0. The minimum atomic E-state index is -4.89. The molecule has 0 fully saturated rings. The lowest BCUT2D eigenvalue weighted by Gasteiger charge is -2.22. The zero-order valence-corrected chi connectivity index (χ0v) is 24.1. The highest BCUT2D eigenvalue weighted by Crippen LogP contribution is 2.35. The first-order valence-electron chi connectivity index (χ1n) is 13.5. The predicted octanol–water partition coefficient (Wildman–Crippen LogP) is 4.76. The second-order valence-electron chi connectivity index (χ2n) is 9.97. The molecular weight excluding hydrogens is 595 g/mol. The van der Waals surface area contributed by atoms with Crippen molar-refractivity contribution in [3.05, 3.63) is 131 Å². The van der Waals surface area contributed by atoms with E-state index in [4.69, 9.17) is 10.5 Å². The molecule has 0 heterocycles. The lowest BCUT2D eigenvalue weighted by Crippen LogP contribution is -2.46. The smallest absolute Gasteiger partial charge is 0.418 e. The van der Waals surface area contributed by atoms with Gasteiger partial charge in [-0.1, -0.05) is 78.9 Å². The van der Waals surface area contributed by atoms with Crippen molar-refractivity contribution in [2.45, 2.75) is 36.0 Å². The Labute approximate surface area is 253 Å². The van der Waals surface area contributed by atoms with Crippen LogP contribution in [0.5, 0.6) is 0 Å². The van der Waals surface area contributed by atoms with Gasteiger partial charge in [0.2, 0.25) is 10.0 Å². The third-order valence-corrected chi connectivity index (χ3v) is 8.10. The molecule has 4 rings (SSSR count). The highest BCUT2D eigenvalue weighted by molar-refractivity contribution is 7.89. The van der Waals surface area contributed by atoms with Crippen molar-refractivity contribution in [2.24, 2.45) is 0 Å². The third kappa shape index (κ3) is 8.91. The molecule has 12 heteroatoms. The molecule has 4 aromatic rings. The van der Waals surface area contributed by atoms with Crippen molar-refractivity contribution >= 4 is 27.6 Å². The zero-order valence-electron chi connectivity index (χ0n) is 23.3. The topological polar surface area (TPSA) is 128 Å². The van der Waals surface area contributed by atoms with Crippen LogP contribution in [0.15, 0.2) is 114 Å². The molecule has 1 amide bonds. The molecule has 0 aliphatic heterocycles. The summed E-state index contributed by atoms with van der Waals surface area (Å²) in [4.78, 5) is 25.6. The van der Waals surface area contributed by atoms with Crippen LogP contribution in [-0.4, -0.2) is 39.0 Å². The number of ether oxygens (including phenoxy) is 1. The molecule has 2 atom stereocenters. The summed E-state index contributed by atoms with van der Waals surface area (Å²) in [6.07, 6.45) is -4.75. The summed E-state index contributed by atoms with van der Waals surface area (Å²) >= 11 is 0. The lowest BCUT2D eigenvalue weighted by atomic mass is 10.1. The fourth-order valence-electron chi connectivity index (χ4n) is 4.42. The van der Waals surface area contributed by atoms with Gasteiger partial charge in [0.15, 0.2) is 0 Å². The fraction of sp³-hybridized carbons (Fsp3) is 0.188. The number of benzene rings is 4. The number of anilines is 1. The van der Waals surface area contributed by atoms with Crippen LogP contribution < -0.4 is 15.8 Å². The number of hydrogen-bond acceptors (Lipinski definition) is 6. The quantitative estimate of drug-likeness (QED) is 0.154. The van der Waals surface area contributed by atoms with Gasteiger partial charge in [0.25, 0.3) is 5.91 Å². The number of nitrogens with one attached hydrogen (secondary N) is 2. The molecule has 230 valence electrons.